The van der Waals surface area contributed by atoms with Gasteiger partial charge in [0.05, 0.1) is 32.6 Å². The van der Waals surface area contributed by atoms with Crippen LogP contribution in [0, 0.1) is 5.41 Å². The Morgan fingerprint density at radius 2 is 1.94 bits per heavy atom. The second-order valence-corrected chi connectivity index (χ2v) is 9.72. The number of rotatable bonds is 6. The van der Waals surface area contributed by atoms with Crippen LogP contribution in [0.2, 0.25) is 0 Å². The van der Waals surface area contributed by atoms with Gasteiger partial charge in [0.25, 0.3) is 0 Å². The van der Waals surface area contributed by atoms with Crippen LogP contribution in [0.3, 0.4) is 0 Å². The molecule has 0 spiro atoms. The number of Topliss-reactive ketones (excluding diaryl/α,β-unsaturated/α-hetero) is 1. The minimum atomic E-state index is -0.195. The first-order valence-corrected chi connectivity index (χ1v) is 11.6. The molecule has 0 radical (unpaired) electrons. The number of benzene rings is 1. The molecule has 7 heteroatoms. The lowest BCUT2D eigenvalue weighted by Crippen LogP contribution is -2.37. The standard InChI is InChI=1S/C26H34N4O3/c1-6-19-8-7-17-15-30(25(27)23(17)28-19)16-22(31)18-13-20(26(2,3)4)24(32-5)21(14-18)29-9-11-33-12-10-29/h7-8,13-14,27H,6,9-12,15-16H2,1-5H3. The second kappa shape index (κ2) is 9.14. The lowest BCUT2D eigenvalue weighted by molar-refractivity contribution is 0.0962. The summed E-state index contributed by atoms with van der Waals surface area (Å²) in [6.45, 7) is 12.0. The molecule has 3 heterocycles. The molecular formula is C26H34N4O3. The monoisotopic (exact) mass is 450 g/mol. The van der Waals surface area contributed by atoms with Crippen molar-refractivity contribution >= 4 is 17.3 Å². The van der Waals surface area contributed by atoms with Gasteiger partial charge >= 0.3 is 0 Å². The minimum Gasteiger partial charge on any atom is -0.494 e. The van der Waals surface area contributed by atoms with Crippen molar-refractivity contribution in [3.05, 3.63) is 52.3 Å². The zero-order valence-electron chi connectivity index (χ0n) is 20.3. The third kappa shape index (κ3) is 4.60. The number of ether oxygens (including phenoxy) is 2. The summed E-state index contributed by atoms with van der Waals surface area (Å²) in [7, 11) is 1.69. The van der Waals surface area contributed by atoms with E-state index in [-0.39, 0.29) is 17.7 Å². The maximum Gasteiger partial charge on any atom is 0.182 e. The summed E-state index contributed by atoms with van der Waals surface area (Å²) in [5.41, 5.74) is 5.06. The molecule has 33 heavy (non-hydrogen) atoms. The van der Waals surface area contributed by atoms with Crippen molar-refractivity contribution in [2.45, 2.75) is 46.1 Å². The normalized spacial score (nSPS) is 16.2. The van der Waals surface area contributed by atoms with Gasteiger partial charge in [0.1, 0.15) is 17.3 Å². The molecule has 1 N–H and O–H groups in total. The van der Waals surface area contributed by atoms with Crippen LogP contribution in [-0.2, 0) is 23.1 Å². The SMILES string of the molecule is CCc1ccc2c(n1)C(=N)N(CC(=O)c1cc(N3CCOCC3)c(OC)c(C(C)(C)C)c1)C2. The predicted molar refractivity (Wildman–Crippen MR) is 130 cm³/mol. The van der Waals surface area contributed by atoms with E-state index < -0.39 is 0 Å². The van der Waals surface area contributed by atoms with Crippen LogP contribution in [0.15, 0.2) is 24.3 Å². The lowest BCUT2D eigenvalue weighted by Gasteiger charge is -2.33. The van der Waals surface area contributed by atoms with E-state index in [0.717, 1.165) is 47.8 Å². The maximum absolute atomic E-state index is 13.5. The molecule has 1 saturated heterocycles. The summed E-state index contributed by atoms with van der Waals surface area (Å²) >= 11 is 0. The van der Waals surface area contributed by atoms with Crippen LogP contribution in [0.25, 0.3) is 0 Å². The van der Waals surface area contributed by atoms with Crippen molar-refractivity contribution in [3.8, 4) is 5.75 Å². The molecule has 0 unspecified atom stereocenters. The summed E-state index contributed by atoms with van der Waals surface area (Å²) in [4.78, 5) is 22.2. The summed E-state index contributed by atoms with van der Waals surface area (Å²) in [5.74, 6) is 1.14. The Hall–Kier alpha value is -2.93. The van der Waals surface area contributed by atoms with E-state index in [0.29, 0.717) is 36.9 Å². The first-order chi connectivity index (χ1) is 15.7. The Balaban J connectivity index is 1.65. The highest BCUT2D eigenvalue weighted by atomic mass is 16.5. The van der Waals surface area contributed by atoms with E-state index in [1.807, 2.05) is 29.2 Å². The van der Waals surface area contributed by atoms with Crippen molar-refractivity contribution in [2.24, 2.45) is 0 Å². The number of nitrogens with one attached hydrogen (secondary N) is 1. The quantitative estimate of drug-likeness (QED) is 0.675. The van der Waals surface area contributed by atoms with Crippen LogP contribution < -0.4 is 9.64 Å². The van der Waals surface area contributed by atoms with Crippen LogP contribution >= 0.6 is 0 Å². The number of hydrogen-bond acceptors (Lipinski definition) is 6. The number of nitrogens with zero attached hydrogens (tertiary/aromatic N) is 3. The van der Waals surface area contributed by atoms with Crippen LogP contribution in [-0.4, -0.2) is 61.5 Å². The summed E-state index contributed by atoms with van der Waals surface area (Å²) in [6, 6.07) is 7.94. The highest BCUT2D eigenvalue weighted by molar-refractivity contribution is 6.05. The fourth-order valence-electron chi connectivity index (χ4n) is 4.48. The second-order valence-electron chi connectivity index (χ2n) is 9.72. The molecule has 1 aromatic heterocycles. The maximum atomic E-state index is 13.5. The molecule has 0 aliphatic carbocycles. The van der Waals surface area contributed by atoms with Gasteiger partial charge in [-0.15, -0.1) is 0 Å². The molecule has 0 atom stereocenters. The number of ketones is 1. The van der Waals surface area contributed by atoms with Gasteiger partial charge in [-0.05, 0) is 30.0 Å². The third-order valence-corrected chi connectivity index (χ3v) is 6.39. The van der Waals surface area contributed by atoms with Crippen LogP contribution in [0.1, 0.15) is 60.6 Å². The number of amidine groups is 1. The van der Waals surface area contributed by atoms with Crippen molar-refractivity contribution in [2.75, 3.05) is 44.9 Å². The van der Waals surface area contributed by atoms with Crippen molar-refractivity contribution in [1.82, 2.24) is 9.88 Å². The number of hydrogen-bond donors (Lipinski definition) is 1. The van der Waals surface area contributed by atoms with Gasteiger partial charge in [0.15, 0.2) is 5.78 Å². The number of carbonyl (C=O) groups is 1. The van der Waals surface area contributed by atoms with E-state index in [4.69, 9.17) is 14.9 Å². The van der Waals surface area contributed by atoms with Gasteiger partial charge < -0.3 is 19.3 Å². The molecule has 2 aliphatic rings. The van der Waals surface area contributed by atoms with E-state index in [1.165, 1.54) is 0 Å². The zero-order valence-corrected chi connectivity index (χ0v) is 20.3. The fraction of sp³-hybridized carbons (Fsp3) is 0.500. The predicted octanol–water partition coefficient (Wildman–Crippen LogP) is 3.81. The number of anilines is 1. The van der Waals surface area contributed by atoms with Gasteiger partial charge in [0, 0.05) is 42.0 Å². The van der Waals surface area contributed by atoms with E-state index in [9.17, 15) is 4.79 Å². The van der Waals surface area contributed by atoms with Crippen molar-refractivity contribution in [1.29, 1.82) is 5.41 Å². The van der Waals surface area contributed by atoms with Gasteiger partial charge in [-0.25, -0.2) is 4.98 Å². The van der Waals surface area contributed by atoms with Crippen molar-refractivity contribution in [3.63, 3.8) is 0 Å². The number of morpholine rings is 1. The molecule has 4 rings (SSSR count). The molecule has 7 nitrogen and oxygen atoms in total. The number of aryl methyl sites for hydroxylation is 1. The first kappa shape index (κ1) is 23.2. The Bertz CT molecular complexity index is 1070. The summed E-state index contributed by atoms with van der Waals surface area (Å²) in [5, 5.41) is 8.59. The Kier molecular flexibility index (Phi) is 6.43. The van der Waals surface area contributed by atoms with E-state index in [2.05, 4.69) is 37.6 Å². The van der Waals surface area contributed by atoms with Crippen LogP contribution in [0.5, 0.6) is 5.75 Å². The Morgan fingerprint density at radius 1 is 1.21 bits per heavy atom. The number of methoxy groups -OCH3 is 1. The summed E-state index contributed by atoms with van der Waals surface area (Å²) < 4.78 is 11.4. The number of carbonyl (C=O) groups excluding carboxylic acids is 1. The van der Waals surface area contributed by atoms with Gasteiger partial charge in [-0.3, -0.25) is 10.2 Å². The largest absolute Gasteiger partial charge is 0.494 e. The smallest absolute Gasteiger partial charge is 0.182 e. The average Bonchev–Trinajstić information content (AvgIpc) is 3.12. The molecule has 1 fully saturated rings. The van der Waals surface area contributed by atoms with Crippen molar-refractivity contribution < 1.29 is 14.3 Å². The van der Waals surface area contributed by atoms with Gasteiger partial charge in [-0.2, -0.15) is 0 Å². The molecule has 0 bridgehead atoms. The highest BCUT2D eigenvalue weighted by Gasteiger charge is 2.30. The zero-order chi connectivity index (χ0) is 23.8. The molecule has 0 saturated carbocycles. The fourth-order valence-corrected chi connectivity index (χ4v) is 4.48. The molecule has 2 aromatic rings. The topological polar surface area (TPSA) is 78.8 Å². The highest BCUT2D eigenvalue weighted by Crippen LogP contribution is 2.40. The summed E-state index contributed by atoms with van der Waals surface area (Å²) in [6.07, 6.45) is 0.825. The first-order valence-electron chi connectivity index (χ1n) is 11.6. The minimum absolute atomic E-state index is 0.00839. The number of aromatic nitrogens is 1. The lowest BCUT2D eigenvalue weighted by atomic mass is 9.84. The molecule has 2 aliphatic heterocycles. The van der Waals surface area contributed by atoms with Crippen LogP contribution in [0.4, 0.5) is 5.69 Å². The Labute approximate surface area is 196 Å². The number of pyridine rings is 1. The Morgan fingerprint density at radius 3 is 2.58 bits per heavy atom. The van der Waals surface area contributed by atoms with Gasteiger partial charge in [0.2, 0.25) is 0 Å². The van der Waals surface area contributed by atoms with Gasteiger partial charge in [-0.1, -0.05) is 33.8 Å². The number of fused-ring (bicyclic) bond motifs is 1. The van der Waals surface area contributed by atoms with E-state index in [1.54, 1.807) is 7.11 Å². The molecule has 0 amide bonds. The third-order valence-electron chi connectivity index (χ3n) is 6.39. The average molecular weight is 451 g/mol. The van der Waals surface area contributed by atoms with E-state index >= 15 is 0 Å². The molecule has 1 aromatic carbocycles. The molecular weight excluding hydrogens is 416 g/mol. The molecule has 176 valence electrons.